The fraction of sp³-hybridized carbons (Fsp3) is 0.333. The van der Waals surface area contributed by atoms with E-state index >= 15 is 0 Å². The molecule has 0 aliphatic heterocycles. The normalized spacial score (nSPS) is 14.7. The first-order valence-corrected chi connectivity index (χ1v) is 6.15. The van der Waals surface area contributed by atoms with Gasteiger partial charge in [-0.2, -0.15) is 0 Å². The highest BCUT2D eigenvalue weighted by Crippen LogP contribution is 2.22. The number of nitrogens with zero attached hydrogens (tertiary/aromatic N) is 1. The fourth-order valence-corrected chi connectivity index (χ4v) is 1.96. The van der Waals surface area contributed by atoms with Crippen LogP contribution in [0, 0.1) is 0 Å². The van der Waals surface area contributed by atoms with Crippen molar-refractivity contribution in [1.82, 2.24) is 4.90 Å². The summed E-state index contributed by atoms with van der Waals surface area (Å²) in [5, 5.41) is 10.2. The largest absolute Gasteiger partial charge is 0.468 e. The van der Waals surface area contributed by atoms with E-state index < -0.39 is 6.10 Å². The van der Waals surface area contributed by atoms with E-state index in [9.17, 15) is 5.11 Å². The van der Waals surface area contributed by atoms with Crippen LogP contribution in [0.25, 0.3) is 0 Å². The van der Waals surface area contributed by atoms with Crippen LogP contribution in [0.5, 0.6) is 0 Å². The first-order chi connectivity index (χ1) is 8.68. The van der Waals surface area contributed by atoms with Gasteiger partial charge >= 0.3 is 0 Å². The molecular weight excluding hydrogens is 226 g/mol. The molecule has 1 heterocycles. The second kappa shape index (κ2) is 5.85. The molecule has 0 spiro atoms. The molecule has 2 unspecified atom stereocenters. The molecule has 3 heteroatoms. The number of aliphatic hydroxyl groups is 1. The lowest BCUT2D eigenvalue weighted by atomic mass is 10.1. The van der Waals surface area contributed by atoms with Crippen molar-refractivity contribution in [3.63, 3.8) is 0 Å². The minimum Gasteiger partial charge on any atom is -0.468 e. The third-order valence-electron chi connectivity index (χ3n) is 3.26. The molecule has 0 aliphatic rings. The summed E-state index contributed by atoms with van der Waals surface area (Å²) in [7, 11) is 1.99. The Balaban J connectivity index is 1.97. The number of benzene rings is 1. The Morgan fingerprint density at radius 1 is 1.17 bits per heavy atom. The number of rotatable bonds is 5. The molecule has 2 aromatic rings. The standard InChI is InChI=1S/C15H19NO2/c1-12(15-9-6-10-18-15)16(2)11-14(17)13-7-4-3-5-8-13/h3-10,12,14,17H,11H2,1-2H3. The van der Waals surface area contributed by atoms with Crippen LogP contribution in [0.15, 0.2) is 53.1 Å². The van der Waals surface area contributed by atoms with Crippen LogP contribution < -0.4 is 0 Å². The lowest BCUT2D eigenvalue weighted by Crippen LogP contribution is -2.27. The van der Waals surface area contributed by atoms with Gasteiger partial charge in [0.2, 0.25) is 0 Å². The Morgan fingerprint density at radius 3 is 2.50 bits per heavy atom. The zero-order chi connectivity index (χ0) is 13.0. The molecule has 1 N–H and O–H groups in total. The molecule has 2 rings (SSSR count). The van der Waals surface area contributed by atoms with Gasteiger partial charge < -0.3 is 9.52 Å². The Morgan fingerprint density at radius 2 is 1.89 bits per heavy atom. The molecule has 0 saturated heterocycles. The van der Waals surface area contributed by atoms with Gasteiger partial charge in [0.1, 0.15) is 5.76 Å². The van der Waals surface area contributed by atoms with Gasteiger partial charge in [-0.1, -0.05) is 30.3 Å². The predicted octanol–water partition coefficient (Wildman–Crippen LogP) is 3.01. The molecule has 0 bridgehead atoms. The first-order valence-electron chi connectivity index (χ1n) is 6.15. The molecule has 3 nitrogen and oxygen atoms in total. The van der Waals surface area contributed by atoms with E-state index in [0.29, 0.717) is 6.54 Å². The molecule has 18 heavy (non-hydrogen) atoms. The number of aliphatic hydroxyl groups excluding tert-OH is 1. The SMILES string of the molecule is CC(c1ccco1)N(C)CC(O)c1ccccc1. The molecule has 96 valence electrons. The lowest BCUT2D eigenvalue weighted by molar-refractivity contribution is 0.102. The van der Waals surface area contributed by atoms with Crippen LogP contribution in [0.4, 0.5) is 0 Å². The summed E-state index contributed by atoms with van der Waals surface area (Å²) in [4.78, 5) is 2.08. The van der Waals surface area contributed by atoms with Crippen molar-refractivity contribution in [2.45, 2.75) is 19.1 Å². The van der Waals surface area contributed by atoms with Crippen LogP contribution in [0.3, 0.4) is 0 Å². The van der Waals surface area contributed by atoms with Crippen LogP contribution in [0.2, 0.25) is 0 Å². The molecule has 1 aromatic heterocycles. The number of likely N-dealkylation sites (N-methyl/N-ethyl adjacent to an activating group) is 1. The first kappa shape index (κ1) is 12.9. The van der Waals surface area contributed by atoms with Crippen molar-refractivity contribution in [2.75, 3.05) is 13.6 Å². The summed E-state index contributed by atoms with van der Waals surface area (Å²) in [6.07, 6.45) is 1.20. The quantitative estimate of drug-likeness (QED) is 0.879. The molecule has 1 aromatic carbocycles. The zero-order valence-electron chi connectivity index (χ0n) is 10.8. The Labute approximate surface area is 108 Å². The third-order valence-corrected chi connectivity index (χ3v) is 3.26. The highest BCUT2D eigenvalue weighted by atomic mass is 16.3. The van der Waals surface area contributed by atoms with E-state index in [1.165, 1.54) is 0 Å². The highest BCUT2D eigenvalue weighted by molar-refractivity contribution is 5.17. The summed E-state index contributed by atoms with van der Waals surface area (Å²) < 4.78 is 5.38. The average molecular weight is 245 g/mol. The van der Waals surface area contributed by atoms with E-state index in [1.54, 1.807) is 6.26 Å². The number of hydrogen-bond acceptors (Lipinski definition) is 3. The van der Waals surface area contributed by atoms with Crippen LogP contribution in [-0.4, -0.2) is 23.6 Å². The maximum atomic E-state index is 10.2. The Kier molecular flexibility index (Phi) is 4.18. The molecular formula is C15H19NO2. The van der Waals surface area contributed by atoms with E-state index in [-0.39, 0.29) is 6.04 Å². The second-order valence-electron chi connectivity index (χ2n) is 4.56. The Hall–Kier alpha value is -1.58. The van der Waals surface area contributed by atoms with Crippen molar-refractivity contribution in [3.8, 4) is 0 Å². The van der Waals surface area contributed by atoms with E-state index in [1.807, 2.05) is 49.5 Å². The third kappa shape index (κ3) is 3.00. The van der Waals surface area contributed by atoms with Crippen LogP contribution in [-0.2, 0) is 0 Å². The summed E-state index contributed by atoms with van der Waals surface area (Å²) in [5.74, 6) is 0.915. The smallest absolute Gasteiger partial charge is 0.120 e. The summed E-state index contributed by atoms with van der Waals surface area (Å²) in [5.41, 5.74) is 0.941. The average Bonchev–Trinajstić information content (AvgIpc) is 2.92. The predicted molar refractivity (Wildman–Crippen MR) is 71.2 cm³/mol. The summed E-state index contributed by atoms with van der Waals surface area (Å²) >= 11 is 0. The van der Waals surface area contributed by atoms with Gasteiger partial charge in [-0.25, -0.2) is 0 Å². The van der Waals surface area contributed by atoms with Crippen molar-refractivity contribution in [1.29, 1.82) is 0 Å². The number of hydrogen-bond donors (Lipinski definition) is 1. The topological polar surface area (TPSA) is 36.6 Å². The summed E-state index contributed by atoms with van der Waals surface area (Å²) in [6.45, 7) is 2.64. The van der Waals surface area contributed by atoms with Gasteiger partial charge in [-0.15, -0.1) is 0 Å². The number of furan rings is 1. The molecule has 0 fully saturated rings. The molecule has 0 aliphatic carbocycles. The van der Waals surface area contributed by atoms with Crippen LogP contribution in [0.1, 0.15) is 30.4 Å². The molecule has 0 amide bonds. The lowest BCUT2D eigenvalue weighted by Gasteiger charge is -2.25. The van der Waals surface area contributed by atoms with Gasteiger partial charge in [0.25, 0.3) is 0 Å². The zero-order valence-corrected chi connectivity index (χ0v) is 10.8. The van der Waals surface area contributed by atoms with Gasteiger partial charge in [0.05, 0.1) is 18.4 Å². The molecule has 0 saturated carbocycles. The van der Waals surface area contributed by atoms with Gasteiger partial charge in [0, 0.05) is 6.54 Å². The van der Waals surface area contributed by atoms with E-state index in [2.05, 4.69) is 11.8 Å². The van der Waals surface area contributed by atoms with E-state index in [4.69, 9.17) is 4.42 Å². The molecule has 2 atom stereocenters. The highest BCUT2D eigenvalue weighted by Gasteiger charge is 2.17. The monoisotopic (exact) mass is 245 g/mol. The van der Waals surface area contributed by atoms with Gasteiger partial charge in [-0.3, -0.25) is 4.90 Å². The van der Waals surface area contributed by atoms with Crippen molar-refractivity contribution in [3.05, 3.63) is 60.1 Å². The van der Waals surface area contributed by atoms with E-state index in [0.717, 1.165) is 11.3 Å². The fourth-order valence-electron chi connectivity index (χ4n) is 1.96. The van der Waals surface area contributed by atoms with Gasteiger partial charge in [-0.05, 0) is 31.7 Å². The minimum absolute atomic E-state index is 0.151. The Bertz CT molecular complexity index is 453. The molecule has 0 radical (unpaired) electrons. The van der Waals surface area contributed by atoms with Crippen molar-refractivity contribution < 1.29 is 9.52 Å². The minimum atomic E-state index is -0.478. The maximum Gasteiger partial charge on any atom is 0.120 e. The van der Waals surface area contributed by atoms with Crippen molar-refractivity contribution >= 4 is 0 Å². The second-order valence-corrected chi connectivity index (χ2v) is 4.56. The summed E-state index contributed by atoms with van der Waals surface area (Å²) in [6, 6.07) is 13.7. The van der Waals surface area contributed by atoms with Crippen LogP contribution >= 0.6 is 0 Å². The van der Waals surface area contributed by atoms with Crippen molar-refractivity contribution in [2.24, 2.45) is 0 Å². The maximum absolute atomic E-state index is 10.2. The van der Waals surface area contributed by atoms with Gasteiger partial charge in [0.15, 0.2) is 0 Å².